The van der Waals surface area contributed by atoms with Gasteiger partial charge in [0, 0.05) is 25.2 Å². The highest BCUT2D eigenvalue weighted by atomic mass is 32.1. The molecule has 2 heterocycles. The molecule has 6 heteroatoms. The molecule has 1 amide bonds. The highest BCUT2D eigenvalue weighted by Gasteiger charge is 2.14. The highest BCUT2D eigenvalue weighted by molar-refractivity contribution is 7.07. The summed E-state index contributed by atoms with van der Waals surface area (Å²) in [5.74, 6) is 0.498. The summed E-state index contributed by atoms with van der Waals surface area (Å²) in [6, 6.07) is 1.87. The molecule has 0 spiro atoms. The van der Waals surface area contributed by atoms with Crippen LogP contribution in [0.1, 0.15) is 48.9 Å². The first-order valence-corrected chi connectivity index (χ1v) is 9.32. The van der Waals surface area contributed by atoms with Crippen LogP contribution in [0.3, 0.4) is 0 Å². The minimum Gasteiger partial charge on any atom is -0.387 e. The molecule has 24 heavy (non-hydrogen) atoms. The topological polar surface area (TPSA) is 67.2 Å². The van der Waals surface area contributed by atoms with E-state index in [0.29, 0.717) is 18.8 Å². The van der Waals surface area contributed by atoms with Crippen molar-refractivity contribution in [3.05, 3.63) is 39.3 Å². The van der Waals surface area contributed by atoms with Crippen molar-refractivity contribution >= 4 is 17.2 Å². The van der Waals surface area contributed by atoms with Crippen molar-refractivity contribution < 1.29 is 9.90 Å². The zero-order chi connectivity index (χ0) is 17.7. The molecule has 1 unspecified atom stereocenters. The number of aryl methyl sites for hydroxylation is 1. The SMILES string of the molecule is Cc1nn(CC(C)C)c(C)c1CCC(=O)NCC(O)c1ccsc1. The van der Waals surface area contributed by atoms with Crippen LogP contribution in [0.25, 0.3) is 0 Å². The Morgan fingerprint density at radius 3 is 2.79 bits per heavy atom. The van der Waals surface area contributed by atoms with Gasteiger partial charge < -0.3 is 10.4 Å². The van der Waals surface area contributed by atoms with E-state index in [1.165, 1.54) is 11.3 Å². The maximum atomic E-state index is 12.1. The Morgan fingerprint density at radius 1 is 1.42 bits per heavy atom. The lowest BCUT2D eigenvalue weighted by atomic mass is 10.1. The van der Waals surface area contributed by atoms with Crippen molar-refractivity contribution in [3.63, 3.8) is 0 Å². The summed E-state index contributed by atoms with van der Waals surface area (Å²) in [6.07, 6.45) is 0.444. The number of nitrogens with one attached hydrogen (secondary N) is 1. The van der Waals surface area contributed by atoms with Crippen LogP contribution in [0, 0.1) is 19.8 Å². The maximum Gasteiger partial charge on any atom is 0.220 e. The largest absolute Gasteiger partial charge is 0.387 e. The number of hydrogen-bond acceptors (Lipinski definition) is 4. The number of aliphatic hydroxyl groups is 1. The molecule has 0 saturated heterocycles. The molecule has 2 aromatic rings. The number of aromatic nitrogens is 2. The maximum absolute atomic E-state index is 12.1. The van der Waals surface area contributed by atoms with Crippen LogP contribution in [0.15, 0.2) is 16.8 Å². The van der Waals surface area contributed by atoms with Gasteiger partial charge >= 0.3 is 0 Å². The number of aliphatic hydroxyl groups excluding tert-OH is 1. The lowest BCUT2D eigenvalue weighted by molar-refractivity contribution is -0.121. The van der Waals surface area contributed by atoms with Crippen molar-refractivity contribution in [1.82, 2.24) is 15.1 Å². The molecular weight excluding hydrogens is 322 g/mol. The number of thiophene rings is 1. The lowest BCUT2D eigenvalue weighted by Crippen LogP contribution is -2.28. The highest BCUT2D eigenvalue weighted by Crippen LogP contribution is 2.17. The van der Waals surface area contributed by atoms with E-state index in [2.05, 4.69) is 31.2 Å². The molecule has 2 rings (SSSR count). The van der Waals surface area contributed by atoms with E-state index in [1.54, 1.807) is 0 Å². The van der Waals surface area contributed by atoms with E-state index < -0.39 is 6.10 Å². The first-order valence-electron chi connectivity index (χ1n) is 8.38. The second kappa shape index (κ2) is 8.44. The number of nitrogens with zero attached hydrogens (tertiary/aromatic N) is 2. The van der Waals surface area contributed by atoms with Gasteiger partial charge in [-0.3, -0.25) is 9.48 Å². The van der Waals surface area contributed by atoms with Gasteiger partial charge in [0.15, 0.2) is 0 Å². The summed E-state index contributed by atoms with van der Waals surface area (Å²) in [5, 5.41) is 21.2. The average molecular weight is 350 g/mol. The first kappa shape index (κ1) is 18.7. The van der Waals surface area contributed by atoms with Crippen molar-refractivity contribution in [2.24, 2.45) is 5.92 Å². The third kappa shape index (κ3) is 4.92. The smallest absolute Gasteiger partial charge is 0.220 e. The molecule has 0 bridgehead atoms. The predicted octanol–water partition coefficient (Wildman–Crippen LogP) is 3.00. The van der Waals surface area contributed by atoms with Crippen molar-refractivity contribution in [1.29, 1.82) is 0 Å². The zero-order valence-corrected chi connectivity index (χ0v) is 15.7. The molecule has 0 aliphatic carbocycles. The van der Waals surface area contributed by atoms with Gasteiger partial charge in [-0.05, 0) is 54.1 Å². The Labute approximate surface area is 147 Å². The van der Waals surface area contributed by atoms with Gasteiger partial charge in [0.05, 0.1) is 11.8 Å². The van der Waals surface area contributed by atoms with Crippen molar-refractivity contribution in [3.8, 4) is 0 Å². The Bertz CT molecular complexity index is 662. The van der Waals surface area contributed by atoms with Gasteiger partial charge in [-0.2, -0.15) is 16.4 Å². The normalized spacial score (nSPS) is 12.6. The Kier molecular flexibility index (Phi) is 6.57. The van der Waals surface area contributed by atoms with E-state index in [4.69, 9.17) is 0 Å². The molecule has 0 radical (unpaired) electrons. The molecule has 0 aliphatic rings. The summed E-state index contributed by atoms with van der Waals surface area (Å²) in [4.78, 5) is 12.1. The Balaban J connectivity index is 1.84. The Morgan fingerprint density at radius 2 is 2.17 bits per heavy atom. The fraction of sp³-hybridized carbons (Fsp3) is 0.556. The van der Waals surface area contributed by atoms with Crippen molar-refractivity contribution in [2.75, 3.05) is 6.54 Å². The van der Waals surface area contributed by atoms with Gasteiger partial charge in [0.1, 0.15) is 0 Å². The van der Waals surface area contributed by atoms with Gasteiger partial charge in [-0.25, -0.2) is 0 Å². The van der Waals surface area contributed by atoms with Gasteiger partial charge in [-0.1, -0.05) is 13.8 Å². The van der Waals surface area contributed by atoms with Gasteiger partial charge in [0.25, 0.3) is 0 Å². The monoisotopic (exact) mass is 349 g/mol. The summed E-state index contributed by atoms with van der Waals surface area (Å²) >= 11 is 1.54. The van der Waals surface area contributed by atoms with E-state index in [9.17, 15) is 9.90 Å². The van der Waals surface area contributed by atoms with E-state index >= 15 is 0 Å². The minimum atomic E-state index is -0.641. The summed E-state index contributed by atoms with van der Waals surface area (Å²) in [5.41, 5.74) is 4.15. The first-order chi connectivity index (χ1) is 11.4. The molecule has 0 aromatic carbocycles. The quantitative estimate of drug-likeness (QED) is 0.770. The zero-order valence-electron chi connectivity index (χ0n) is 14.9. The number of carbonyl (C=O) groups excluding carboxylic acids is 1. The molecule has 0 fully saturated rings. The second-order valence-electron chi connectivity index (χ2n) is 6.60. The van der Waals surface area contributed by atoms with Crippen LogP contribution in [0.2, 0.25) is 0 Å². The number of carbonyl (C=O) groups is 1. The van der Waals surface area contributed by atoms with Gasteiger partial charge in [-0.15, -0.1) is 0 Å². The van der Waals surface area contributed by atoms with Crippen molar-refractivity contribution in [2.45, 2.75) is 53.2 Å². The summed E-state index contributed by atoms with van der Waals surface area (Å²) in [6.45, 7) is 9.55. The summed E-state index contributed by atoms with van der Waals surface area (Å²) in [7, 11) is 0. The number of rotatable bonds is 8. The van der Waals surface area contributed by atoms with Gasteiger partial charge in [0.2, 0.25) is 5.91 Å². The fourth-order valence-corrected chi connectivity index (χ4v) is 3.45. The third-order valence-electron chi connectivity index (χ3n) is 4.09. The van der Waals surface area contributed by atoms with Crippen LogP contribution >= 0.6 is 11.3 Å². The molecule has 2 aromatic heterocycles. The average Bonchev–Trinajstić information content (AvgIpc) is 3.13. The fourth-order valence-electron chi connectivity index (χ4n) is 2.74. The third-order valence-corrected chi connectivity index (χ3v) is 4.79. The number of hydrogen-bond donors (Lipinski definition) is 2. The van der Waals surface area contributed by atoms with Crippen LogP contribution in [0.5, 0.6) is 0 Å². The van der Waals surface area contributed by atoms with Crippen LogP contribution < -0.4 is 5.32 Å². The van der Waals surface area contributed by atoms with E-state index in [-0.39, 0.29) is 12.5 Å². The summed E-state index contributed by atoms with van der Waals surface area (Å²) < 4.78 is 2.04. The van der Waals surface area contributed by atoms with E-state index in [1.807, 2.05) is 28.4 Å². The molecule has 5 nitrogen and oxygen atoms in total. The Hall–Kier alpha value is -1.66. The minimum absolute atomic E-state index is 0.0420. The van der Waals surface area contributed by atoms with E-state index in [0.717, 1.165) is 29.1 Å². The molecule has 0 saturated carbocycles. The second-order valence-corrected chi connectivity index (χ2v) is 7.38. The molecule has 2 N–H and O–H groups in total. The molecular formula is C18H27N3O2S. The standard InChI is InChI=1S/C18H27N3O2S/c1-12(2)10-21-14(4)16(13(3)20-21)5-6-18(23)19-9-17(22)15-7-8-24-11-15/h7-8,11-12,17,22H,5-6,9-10H2,1-4H3,(H,19,23). The van der Waals surface area contributed by atoms with Crippen LogP contribution in [-0.4, -0.2) is 27.3 Å². The molecule has 0 aliphatic heterocycles. The predicted molar refractivity (Wildman–Crippen MR) is 97.1 cm³/mol. The molecule has 1 atom stereocenters. The lowest BCUT2D eigenvalue weighted by Gasteiger charge is -2.11. The number of amides is 1. The van der Waals surface area contributed by atoms with Crippen LogP contribution in [0.4, 0.5) is 0 Å². The van der Waals surface area contributed by atoms with Crippen LogP contribution in [-0.2, 0) is 17.8 Å². The molecule has 132 valence electrons.